The van der Waals surface area contributed by atoms with E-state index in [-0.39, 0.29) is 5.54 Å². The normalized spacial score (nSPS) is 28.4. The summed E-state index contributed by atoms with van der Waals surface area (Å²) in [6, 6.07) is 0. The van der Waals surface area contributed by atoms with Gasteiger partial charge in [0, 0.05) is 12.1 Å². The molecule has 0 heterocycles. The molecule has 2 nitrogen and oxygen atoms in total. The van der Waals surface area contributed by atoms with Gasteiger partial charge in [0.2, 0.25) is 0 Å². The summed E-state index contributed by atoms with van der Waals surface area (Å²) >= 11 is 0. The molecule has 15 heavy (non-hydrogen) atoms. The molecule has 2 fully saturated rings. The summed E-state index contributed by atoms with van der Waals surface area (Å²) in [6.45, 7) is 0.327. The zero-order valence-corrected chi connectivity index (χ0v) is 10.0. The number of rotatable bonds is 3. The van der Waals surface area contributed by atoms with E-state index in [1.807, 2.05) is 0 Å². The van der Waals surface area contributed by atoms with Gasteiger partial charge in [0.15, 0.2) is 0 Å². The van der Waals surface area contributed by atoms with Crippen molar-refractivity contribution in [2.75, 3.05) is 13.7 Å². The molecule has 0 aromatic carbocycles. The molecule has 0 saturated heterocycles. The summed E-state index contributed by atoms with van der Waals surface area (Å²) in [6.07, 6.45) is 12.1. The van der Waals surface area contributed by atoms with Gasteiger partial charge in [-0.25, -0.2) is 0 Å². The second-order valence-electron chi connectivity index (χ2n) is 5.71. The average Bonchev–Trinajstić information content (AvgIpc) is 2.72. The molecule has 0 aromatic rings. The Morgan fingerprint density at radius 2 is 1.60 bits per heavy atom. The molecule has 2 aliphatic rings. The van der Waals surface area contributed by atoms with Crippen molar-refractivity contribution < 1.29 is 5.11 Å². The first kappa shape index (κ1) is 11.4. The summed E-state index contributed by atoms with van der Waals surface area (Å²) in [5, 5.41) is 12.6. The van der Waals surface area contributed by atoms with Crippen molar-refractivity contribution in [3.63, 3.8) is 0 Å². The maximum absolute atomic E-state index is 9.13. The molecule has 0 aromatic heterocycles. The number of hydrogen-bond acceptors (Lipinski definition) is 2. The average molecular weight is 211 g/mol. The molecule has 2 rings (SSSR count). The smallest absolute Gasteiger partial charge is 0.0448 e. The Labute approximate surface area is 93.5 Å². The van der Waals surface area contributed by atoms with Gasteiger partial charge in [-0.05, 0) is 57.4 Å². The summed E-state index contributed by atoms with van der Waals surface area (Å²) in [5.74, 6) is 0. The Morgan fingerprint density at radius 1 is 1.00 bits per heavy atom. The van der Waals surface area contributed by atoms with Crippen LogP contribution in [-0.2, 0) is 0 Å². The number of hydrogen-bond donors (Lipinski definition) is 2. The van der Waals surface area contributed by atoms with E-state index in [1.165, 1.54) is 51.4 Å². The lowest BCUT2D eigenvalue weighted by Crippen LogP contribution is -2.48. The van der Waals surface area contributed by atoms with E-state index in [1.54, 1.807) is 0 Å². The van der Waals surface area contributed by atoms with Gasteiger partial charge in [-0.2, -0.15) is 0 Å². The van der Waals surface area contributed by atoms with E-state index >= 15 is 0 Å². The second kappa shape index (κ2) is 4.42. The van der Waals surface area contributed by atoms with Crippen LogP contribution >= 0.6 is 0 Å². The van der Waals surface area contributed by atoms with Gasteiger partial charge in [-0.15, -0.1) is 0 Å². The molecule has 2 heteroatoms. The molecule has 0 amide bonds. The number of aliphatic hydroxyl groups is 1. The highest BCUT2D eigenvalue weighted by Crippen LogP contribution is 2.51. The summed E-state index contributed by atoms with van der Waals surface area (Å²) in [4.78, 5) is 0. The zero-order valence-electron chi connectivity index (χ0n) is 10.0. The Balaban J connectivity index is 1.94. The predicted molar refractivity (Wildman–Crippen MR) is 62.9 cm³/mol. The van der Waals surface area contributed by atoms with Crippen LogP contribution in [0.5, 0.6) is 0 Å². The lowest BCUT2D eigenvalue weighted by Gasteiger charge is -2.45. The van der Waals surface area contributed by atoms with Crippen LogP contribution in [0.4, 0.5) is 0 Å². The number of aliphatic hydroxyl groups excluding tert-OH is 1. The van der Waals surface area contributed by atoms with Gasteiger partial charge in [-0.3, -0.25) is 0 Å². The summed E-state index contributed by atoms with van der Waals surface area (Å²) in [7, 11) is 2.06. The maximum Gasteiger partial charge on any atom is 0.0448 e. The van der Waals surface area contributed by atoms with Crippen LogP contribution in [0.1, 0.15) is 57.8 Å². The largest absolute Gasteiger partial charge is 0.396 e. The maximum atomic E-state index is 9.13. The predicted octanol–water partition coefficient (Wildman–Crippen LogP) is 2.46. The molecule has 2 saturated carbocycles. The SMILES string of the molecule is CNC1(CCO)CCC2(CCCC2)CC1. The van der Waals surface area contributed by atoms with Crippen molar-refractivity contribution in [3.05, 3.63) is 0 Å². The Hall–Kier alpha value is -0.0800. The van der Waals surface area contributed by atoms with Crippen LogP contribution < -0.4 is 5.32 Å². The lowest BCUT2D eigenvalue weighted by atomic mass is 9.65. The molecule has 0 radical (unpaired) electrons. The van der Waals surface area contributed by atoms with Gasteiger partial charge in [0.1, 0.15) is 0 Å². The highest BCUT2D eigenvalue weighted by Gasteiger charge is 2.42. The Morgan fingerprint density at radius 3 is 2.07 bits per heavy atom. The standard InChI is InChI=1S/C13H25NO/c1-14-13(10-11-15)8-6-12(7-9-13)4-2-3-5-12/h14-15H,2-11H2,1H3. The fraction of sp³-hybridized carbons (Fsp3) is 1.00. The van der Waals surface area contributed by atoms with E-state index in [9.17, 15) is 0 Å². The van der Waals surface area contributed by atoms with Crippen molar-refractivity contribution in [1.29, 1.82) is 0 Å². The van der Waals surface area contributed by atoms with Gasteiger partial charge >= 0.3 is 0 Å². The van der Waals surface area contributed by atoms with Crippen LogP contribution in [0, 0.1) is 5.41 Å². The van der Waals surface area contributed by atoms with E-state index in [2.05, 4.69) is 12.4 Å². The Kier molecular flexibility index (Phi) is 3.36. The van der Waals surface area contributed by atoms with E-state index in [0.29, 0.717) is 12.0 Å². The molecule has 2 aliphatic carbocycles. The van der Waals surface area contributed by atoms with Gasteiger partial charge in [0.25, 0.3) is 0 Å². The van der Waals surface area contributed by atoms with Gasteiger partial charge in [0.05, 0.1) is 0 Å². The minimum absolute atomic E-state index is 0.253. The molecule has 0 bridgehead atoms. The molecule has 0 unspecified atom stereocenters. The van der Waals surface area contributed by atoms with E-state index < -0.39 is 0 Å². The molecule has 2 N–H and O–H groups in total. The third kappa shape index (κ3) is 2.21. The second-order valence-corrected chi connectivity index (χ2v) is 5.71. The third-order valence-electron chi connectivity index (χ3n) is 5.05. The molecule has 1 spiro atoms. The third-order valence-corrected chi connectivity index (χ3v) is 5.05. The van der Waals surface area contributed by atoms with Crippen LogP contribution in [-0.4, -0.2) is 24.3 Å². The first-order valence-electron chi connectivity index (χ1n) is 6.54. The molecular formula is C13H25NO. The fourth-order valence-corrected chi connectivity index (χ4v) is 3.72. The monoisotopic (exact) mass is 211 g/mol. The van der Waals surface area contributed by atoms with Crippen LogP contribution in [0.2, 0.25) is 0 Å². The first-order valence-corrected chi connectivity index (χ1v) is 6.54. The van der Waals surface area contributed by atoms with Crippen molar-refractivity contribution in [2.24, 2.45) is 5.41 Å². The number of nitrogens with one attached hydrogen (secondary N) is 1. The van der Waals surface area contributed by atoms with Crippen molar-refractivity contribution in [3.8, 4) is 0 Å². The van der Waals surface area contributed by atoms with Crippen LogP contribution in [0.15, 0.2) is 0 Å². The first-order chi connectivity index (χ1) is 7.24. The van der Waals surface area contributed by atoms with Crippen molar-refractivity contribution >= 4 is 0 Å². The van der Waals surface area contributed by atoms with Crippen molar-refractivity contribution in [2.45, 2.75) is 63.3 Å². The van der Waals surface area contributed by atoms with Crippen LogP contribution in [0.3, 0.4) is 0 Å². The molecule has 88 valence electrons. The zero-order chi connectivity index (χ0) is 10.8. The van der Waals surface area contributed by atoms with Gasteiger partial charge < -0.3 is 10.4 Å². The highest BCUT2D eigenvalue weighted by atomic mass is 16.3. The lowest BCUT2D eigenvalue weighted by molar-refractivity contribution is 0.0938. The summed E-state index contributed by atoms with van der Waals surface area (Å²) in [5.41, 5.74) is 0.957. The molecule has 0 aliphatic heterocycles. The van der Waals surface area contributed by atoms with Gasteiger partial charge in [-0.1, -0.05) is 12.8 Å². The quantitative estimate of drug-likeness (QED) is 0.751. The summed E-state index contributed by atoms with van der Waals surface area (Å²) < 4.78 is 0. The highest BCUT2D eigenvalue weighted by molar-refractivity contribution is 4.98. The van der Waals surface area contributed by atoms with E-state index in [4.69, 9.17) is 5.11 Å². The van der Waals surface area contributed by atoms with Crippen LogP contribution in [0.25, 0.3) is 0 Å². The minimum atomic E-state index is 0.253. The topological polar surface area (TPSA) is 32.3 Å². The molecule has 0 atom stereocenters. The molecular weight excluding hydrogens is 186 g/mol. The Bertz CT molecular complexity index is 199. The minimum Gasteiger partial charge on any atom is -0.396 e. The van der Waals surface area contributed by atoms with E-state index in [0.717, 1.165) is 6.42 Å². The van der Waals surface area contributed by atoms with Crippen molar-refractivity contribution in [1.82, 2.24) is 5.32 Å². The fourth-order valence-electron chi connectivity index (χ4n) is 3.72.